The number of para-hydroxylation sites is 1. The first-order valence-corrected chi connectivity index (χ1v) is 11.2. The number of amides is 1. The molecule has 2 heterocycles. The molecule has 1 amide bonds. The van der Waals surface area contributed by atoms with E-state index >= 15 is 0 Å². The van der Waals surface area contributed by atoms with Gasteiger partial charge < -0.3 is 19.6 Å². The molecule has 8 heteroatoms. The molecular weight excluding hydrogens is 414 g/mol. The molecule has 0 unspecified atom stereocenters. The zero-order valence-corrected chi connectivity index (χ0v) is 19.5. The number of nitrogens with zero attached hydrogens (tertiary/aromatic N) is 3. The minimum Gasteiger partial charge on any atom is -0.503 e. The van der Waals surface area contributed by atoms with Crippen molar-refractivity contribution in [3.63, 3.8) is 0 Å². The van der Waals surface area contributed by atoms with Crippen molar-refractivity contribution < 1.29 is 19.4 Å². The minimum atomic E-state index is -0.728. The summed E-state index contributed by atoms with van der Waals surface area (Å²) in [5.41, 5.74) is 1.35. The number of carbonyl (C=O) groups excluding carboxylic acids is 2. The minimum absolute atomic E-state index is 0.0841. The summed E-state index contributed by atoms with van der Waals surface area (Å²) >= 11 is 1.27. The van der Waals surface area contributed by atoms with Gasteiger partial charge in [-0.1, -0.05) is 32.0 Å². The Labute approximate surface area is 187 Å². The van der Waals surface area contributed by atoms with Gasteiger partial charge in [-0.3, -0.25) is 9.59 Å². The van der Waals surface area contributed by atoms with Crippen LogP contribution in [0.15, 0.2) is 35.6 Å². The summed E-state index contributed by atoms with van der Waals surface area (Å²) in [7, 11) is 1.55. The van der Waals surface area contributed by atoms with E-state index in [0.717, 1.165) is 18.1 Å². The molecule has 3 rings (SSSR count). The molecule has 1 aromatic carbocycles. The Kier molecular flexibility index (Phi) is 7.12. The van der Waals surface area contributed by atoms with E-state index in [4.69, 9.17) is 4.74 Å². The van der Waals surface area contributed by atoms with Gasteiger partial charge in [0, 0.05) is 18.7 Å². The van der Waals surface area contributed by atoms with Crippen molar-refractivity contribution in [1.29, 1.82) is 0 Å². The van der Waals surface area contributed by atoms with Crippen molar-refractivity contribution in [2.45, 2.75) is 33.7 Å². The third-order valence-electron chi connectivity index (χ3n) is 5.64. The number of thiazole rings is 1. The van der Waals surface area contributed by atoms with Crippen LogP contribution in [-0.2, 0) is 4.79 Å². The van der Waals surface area contributed by atoms with E-state index < -0.39 is 17.7 Å². The highest BCUT2D eigenvalue weighted by Crippen LogP contribution is 2.42. The van der Waals surface area contributed by atoms with Gasteiger partial charge in [0.05, 0.1) is 34.3 Å². The van der Waals surface area contributed by atoms with E-state index in [1.54, 1.807) is 25.0 Å². The van der Waals surface area contributed by atoms with Gasteiger partial charge in [0.15, 0.2) is 5.76 Å². The molecule has 166 valence electrons. The second-order valence-corrected chi connectivity index (χ2v) is 8.61. The molecule has 1 aliphatic heterocycles. The number of carbonyl (C=O) groups is 2. The number of likely N-dealkylation sites (N-methyl/N-ethyl adjacent to an activating group) is 1. The third-order valence-corrected chi connectivity index (χ3v) is 6.71. The molecule has 0 saturated carbocycles. The molecule has 31 heavy (non-hydrogen) atoms. The van der Waals surface area contributed by atoms with Gasteiger partial charge in [-0.2, -0.15) is 0 Å². The van der Waals surface area contributed by atoms with Crippen molar-refractivity contribution in [2.75, 3.05) is 33.3 Å². The number of Topliss-reactive ketones (excluding diaryl/α,β-unsaturated/α-hetero) is 1. The van der Waals surface area contributed by atoms with Crippen molar-refractivity contribution in [1.82, 2.24) is 14.8 Å². The fourth-order valence-corrected chi connectivity index (χ4v) is 4.86. The van der Waals surface area contributed by atoms with Crippen molar-refractivity contribution >= 4 is 23.0 Å². The van der Waals surface area contributed by atoms with Gasteiger partial charge in [0.1, 0.15) is 5.75 Å². The number of aromatic nitrogens is 1. The number of rotatable bonds is 9. The Hall–Kier alpha value is -2.71. The number of benzene rings is 1. The van der Waals surface area contributed by atoms with E-state index in [1.165, 1.54) is 11.3 Å². The van der Waals surface area contributed by atoms with Gasteiger partial charge >= 0.3 is 0 Å². The fraction of sp³-hybridized carbons (Fsp3) is 0.435. The number of aliphatic hydroxyl groups excluding tert-OH is 1. The highest BCUT2D eigenvalue weighted by molar-refractivity contribution is 7.14. The van der Waals surface area contributed by atoms with Crippen LogP contribution < -0.4 is 4.74 Å². The normalized spacial score (nSPS) is 16.5. The van der Waals surface area contributed by atoms with Gasteiger partial charge in [-0.05, 0) is 33.0 Å². The molecule has 7 nitrogen and oxygen atoms in total. The van der Waals surface area contributed by atoms with Crippen LogP contribution in [0.1, 0.15) is 45.8 Å². The standard InChI is InChI=1S/C23H29N3O4S/c1-6-25(7-2)12-13-26-19(16-10-8-9-11-17(16)30-5)18(21(28)23(26)29)20(27)22-14(3)24-15(4)31-22/h8-11,19,28H,6-7,12-13H2,1-5H3/t19-/m0/s1. The highest BCUT2D eigenvalue weighted by Gasteiger charge is 2.45. The lowest BCUT2D eigenvalue weighted by Gasteiger charge is -2.30. The van der Waals surface area contributed by atoms with E-state index in [0.29, 0.717) is 35.0 Å². The number of aliphatic hydroxyl groups is 1. The van der Waals surface area contributed by atoms with Crippen molar-refractivity contribution in [3.8, 4) is 5.75 Å². The zero-order chi connectivity index (χ0) is 22.7. The van der Waals surface area contributed by atoms with Gasteiger partial charge in [-0.25, -0.2) is 4.98 Å². The summed E-state index contributed by atoms with van der Waals surface area (Å²) < 4.78 is 5.53. The number of hydrogen-bond acceptors (Lipinski definition) is 7. The Balaban J connectivity index is 2.09. The lowest BCUT2D eigenvalue weighted by molar-refractivity contribution is -0.129. The summed E-state index contributed by atoms with van der Waals surface area (Å²) in [6, 6.07) is 6.57. The van der Waals surface area contributed by atoms with Crippen molar-refractivity contribution in [3.05, 3.63) is 56.7 Å². The SMILES string of the molecule is CCN(CC)CCN1C(=O)C(O)=C(C(=O)c2sc(C)nc2C)[C@@H]1c1ccccc1OC. The summed E-state index contributed by atoms with van der Waals surface area (Å²) in [4.78, 5) is 35.2. The monoisotopic (exact) mass is 443 g/mol. The molecule has 0 radical (unpaired) electrons. The Morgan fingerprint density at radius 1 is 1.26 bits per heavy atom. The van der Waals surface area contributed by atoms with Crippen molar-refractivity contribution in [2.24, 2.45) is 0 Å². The lowest BCUT2D eigenvalue weighted by Crippen LogP contribution is -2.38. The smallest absolute Gasteiger partial charge is 0.290 e. The Morgan fingerprint density at radius 3 is 2.52 bits per heavy atom. The molecule has 1 aromatic heterocycles. The number of ether oxygens (including phenoxy) is 1. The van der Waals surface area contributed by atoms with Crippen LogP contribution >= 0.6 is 11.3 Å². The average Bonchev–Trinajstić information content (AvgIpc) is 3.24. The van der Waals surface area contributed by atoms with E-state index in [9.17, 15) is 14.7 Å². The van der Waals surface area contributed by atoms with Crippen LogP contribution in [0.3, 0.4) is 0 Å². The lowest BCUT2D eigenvalue weighted by atomic mass is 9.94. The van der Waals surface area contributed by atoms with E-state index in [-0.39, 0.29) is 11.4 Å². The maximum absolute atomic E-state index is 13.5. The zero-order valence-electron chi connectivity index (χ0n) is 18.6. The molecule has 0 saturated heterocycles. The summed E-state index contributed by atoms with van der Waals surface area (Å²) in [6.45, 7) is 10.4. The molecule has 0 spiro atoms. The van der Waals surface area contributed by atoms with Crippen LogP contribution in [0.5, 0.6) is 5.75 Å². The molecular formula is C23H29N3O4S. The number of aryl methyl sites for hydroxylation is 2. The molecule has 1 aliphatic rings. The predicted octanol–water partition coefficient (Wildman–Crippen LogP) is 3.69. The van der Waals surface area contributed by atoms with E-state index in [2.05, 4.69) is 23.7 Å². The largest absolute Gasteiger partial charge is 0.503 e. The number of methoxy groups -OCH3 is 1. The molecule has 2 aromatic rings. The topological polar surface area (TPSA) is 83.0 Å². The summed E-state index contributed by atoms with van der Waals surface area (Å²) in [5.74, 6) is -0.836. The van der Waals surface area contributed by atoms with Crippen LogP contribution in [0.2, 0.25) is 0 Å². The second-order valence-electron chi connectivity index (χ2n) is 7.41. The predicted molar refractivity (Wildman–Crippen MR) is 121 cm³/mol. The quantitative estimate of drug-likeness (QED) is 0.595. The fourth-order valence-electron chi connectivity index (χ4n) is 3.99. The van der Waals surface area contributed by atoms with E-state index in [1.807, 2.05) is 25.1 Å². The first-order valence-electron chi connectivity index (χ1n) is 10.4. The maximum Gasteiger partial charge on any atom is 0.290 e. The Morgan fingerprint density at radius 2 is 1.94 bits per heavy atom. The second kappa shape index (κ2) is 9.62. The first kappa shape index (κ1) is 23.0. The Bertz CT molecular complexity index is 1010. The molecule has 1 N–H and O–H groups in total. The van der Waals surface area contributed by atoms with Gasteiger partial charge in [0.25, 0.3) is 5.91 Å². The average molecular weight is 444 g/mol. The molecule has 1 atom stereocenters. The maximum atomic E-state index is 13.5. The first-order chi connectivity index (χ1) is 14.8. The van der Waals surface area contributed by atoms with Gasteiger partial charge in [0.2, 0.25) is 5.78 Å². The van der Waals surface area contributed by atoms with Gasteiger partial charge in [-0.15, -0.1) is 11.3 Å². The summed E-state index contributed by atoms with van der Waals surface area (Å²) in [5, 5.41) is 11.6. The molecule has 0 fully saturated rings. The number of hydrogen-bond donors (Lipinski definition) is 1. The summed E-state index contributed by atoms with van der Waals surface area (Å²) in [6.07, 6.45) is 0. The van der Waals surface area contributed by atoms with Crippen LogP contribution in [0.4, 0.5) is 0 Å². The highest BCUT2D eigenvalue weighted by atomic mass is 32.1. The third kappa shape index (κ3) is 4.36. The van der Waals surface area contributed by atoms with Crippen LogP contribution in [0, 0.1) is 13.8 Å². The van der Waals surface area contributed by atoms with Crippen LogP contribution in [0.25, 0.3) is 0 Å². The molecule has 0 bridgehead atoms. The van der Waals surface area contributed by atoms with Crippen LogP contribution in [-0.4, -0.2) is 64.9 Å². The molecule has 0 aliphatic carbocycles. The number of ketones is 1.